The van der Waals surface area contributed by atoms with Crippen LogP contribution in [0.3, 0.4) is 0 Å². The van der Waals surface area contributed by atoms with Crippen LogP contribution in [-0.4, -0.2) is 29.7 Å². The van der Waals surface area contributed by atoms with E-state index in [1.54, 1.807) is 19.1 Å². The number of rotatable bonds is 3. The molecule has 5 nitrogen and oxygen atoms in total. The Balaban J connectivity index is 2.11. The Bertz CT molecular complexity index is 478. The Kier molecular flexibility index (Phi) is 3.62. The number of carboxylic acids is 1. The number of carbonyl (C=O) groups is 2. The van der Waals surface area contributed by atoms with Gasteiger partial charge in [0.2, 0.25) is 0 Å². The zero-order valence-corrected chi connectivity index (χ0v) is 10.1. The lowest BCUT2D eigenvalue weighted by molar-refractivity contribution is -0.124. The van der Waals surface area contributed by atoms with E-state index < -0.39 is 12.1 Å². The van der Waals surface area contributed by atoms with Crippen LogP contribution < -0.4 is 5.32 Å². The molecule has 1 heterocycles. The molecule has 0 spiro atoms. The molecule has 1 aromatic carbocycles. The van der Waals surface area contributed by atoms with Crippen molar-refractivity contribution in [3.05, 3.63) is 29.3 Å². The first-order valence-corrected chi connectivity index (χ1v) is 5.84. The Morgan fingerprint density at radius 1 is 1.44 bits per heavy atom. The van der Waals surface area contributed by atoms with E-state index in [4.69, 9.17) is 9.84 Å². The molecule has 1 aliphatic rings. The van der Waals surface area contributed by atoms with Gasteiger partial charge >= 0.3 is 5.97 Å². The van der Waals surface area contributed by atoms with Crippen LogP contribution in [0.4, 0.5) is 5.69 Å². The molecule has 0 bridgehead atoms. The first-order valence-electron chi connectivity index (χ1n) is 5.84. The van der Waals surface area contributed by atoms with E-state index in [-0.39, 0.29) is 11.5 Å². The van der Waals surface area contributed by atoms with Crippen molar-refractivity contribution in [1.82, 2.24) is 0 Å². The molecule has 2 rings (SSSR count). The second-order valence-corrected chi connectivity index (χ2v) is 4.33. The fourth-order valence-electron chi connectivity index (χ4n) is 1.94. The minimum absolute atomic E-state index is 0.195. The van der Waals surface area contributed by atoms with E-state index in [9.17, 15) is 9.59 Å². The minimum Gasteiger partial charge on any atom is -0.478 e. The fourth-order valence-corrected chi connectivity index (χ4v) is 1.94. The Labute approximate surface area is 105 Å². The zero-order valence-electron chi connectivity index (χ0n) is 10.1. The summed E-state index contributed by atoms with van der Waals surface area (Å²) in [5, 5.41) is 11.7. The SMILES string of the molecule is Cc1ccc(NC(=O)[C@@H]2CCCO2)cc1C(=O)O. The van der Waals surface area contributed by atoms with Crippen LogP contribution >= 0.6 is 0 Å². The van der Waals surface area contributed by atoms with E-state index in [2.05, 4.69) is 5.32 Å². The van der Waals surface area contributed by atoms with Crippen molar-refractivity contribution in [3.63, 3.8) is 0 Å². The molecule has 1 saturated heterocycles. The minimum atomic E-state index is -0.999. The summed E-state index contributed by atoms with van der Waals surface area (Å²) in [6, 6.07) is 4.83. The average molecular weight is 249 g/mol. The maximum absolute atomic E-state index is 11.8. The number of ether oxygens (including phenoxy) is 1. The first kappa shape index (κ1) is 12.6. The Morgan fingerprint density at radius 2 is 2.22 bits per heavy atom. The number of aryl methyl sites for hydroxylation is 1. The first-order chi connectivity index (χ1) is 8.58. The van der Waals surface area contributed by atoms with E-state index in [1.165, 1.54) is 6.07 Å². The molecule has 1 atom stereocenters. The van der Waals surface area contributed by atoms with Gasteiger partial charge in [-0.05, 0) is 37.5 Å². The molecular weight excluding hydrogens is 234 g/mol. The van der Waals surface area contributed by atoms with E-state index in [1.807, 2.05) is 0 Å². The lowest BCUT2D eigenvalue weighted by Crippen LogP contribution is -2.26. The van der Waals surface area contributed by atoms with Crippen LogP contribution in [0, 0.1) is 6.92 Å². The van der Waals surface area contributed by atoms with Crippen molar-refractivity contribution >= 4 is 17.6 Å². The number of benzene rings is 1. The molecular formula is C13H15NO4. The number of hydrogen-bond acceptors (Lipinski definition) is 3. The lowest BCUT2D eigenvalue weighted by Gasteiger charge is -2.11. The van der Waals surface area contributed by atoms with Gasteiger partial charge in [0.1, 0.15) is 6.10 Å². The Morgan fingerprint density at radius 3 is 2.83 bits per heavy atom. The number of nitrogens with one attached hydrogen (secondary N) is 1. The summed E-state index contributed by atoms with van der Waals surface area (Å²) in [4.78, 5) is 22.8. The van der Waals surface area contributed by atoms with E-state index in [0.717, 1.165) is 6.42 Å². The number of carboxylic acid groups (broad SMARTS) is 1. The third kappa shape index (κ3) is 2.68. The number of hydrogen-bond donors (Lipinski definition) is 2. The zero-order chi connectivity index (χ0) is 13.1. The van der Waals surface area contributed by atoms with E-state index in [0.29, 0.717) is 24.3 Å². The predicted octanol–water partition coefficient (Wildman–Crippen LogP) is 1.81. The van der Waals surface area contributed by atoms with Crippen molar-refractivity contribution in [3.8, 4) is 0 Å². The largest absolute Gasteiger partial charge is 0.478 e. The number of amides is 1. The molecule has 1 fully saturated rings. The van der Waals surface area contributed by atoms with Gasteiger partial charge in [0, 0.05) is 12.3 Å². The van der Waals surface area contributed by atoms with Crippen LogP contribution in [-0.2, 0) is 9.53 Å². The van der Waals surface area contributed by atoms with Gasteiger partial charge in [-0.15, -0.1) is 0 Å². The van der Waals surface area contributed by atoms with Crippen LogP contribution in [0.25, 0.3) is 0 Å². The molecule has 0 aliphatic carbocycles. The third-order valence-electron chi connectivity index (χ3n) is 2.96. The topological polar surface area (TPSA) is 75.6 Å². The van der Waals surface area contributed by atoms with Crippen LogP contribution in [0.15, 0.2) is 18.2 Å². The lowest BCUT2D eigenvalue weighted by atomic mass is 10.1. The standard InChI is InChI=1S/C13H15NO4/c1-8-4-5-9(7-10(8)13(16)17)14-12(15)11-3-2-6-18-11/h4-5,7,11H,2-3,6H2,1H3,(H,14,15)(H,16,17)/t11-/m0/s1. The second-order valence-electron chi connectivity index (χ2n) is 4.33. The Hall–Kier alpha value is -1.88. The summed E-state index contributed by atoms with van der Waals surface area (Å²) >= 11 is 0. The molecule has 0 aromatic heterocycles. The van der Waals surface area contributed by atoms with Gasteiger partial charge in [0.05, 0.1) is 5.56 Å². The number of aromatic carboxylic acids is 1. The van der Waals surface area contributed by atoms with Crippen molar-refractivity contribution in [2.75, 3.05) is 11.9 Å². The van der Waals surface area contributed by atoms with Gasteiger partial charge in [0.25, 0.3) is 5.91 Å². The monoisotopic (exact) mass is 249 g/mol. The van der Waals surface area contributed by atoms with Crippen LogP contribution in [0.2, 0.25) is 0 Å². The van der Waals surface area contributed by atoms with Gasteiger partial charge in [-0.25, -0.2) is 4.79 Å². The second kappa shape index (κ2) is 5.18. The highest BCUT2D eigenvalue weighted by Crippen LogP contribution is 2.18. The third-order valence-corrected chi connectivity index (χ3v) is 2.96. The maximum Gasteiger partial charge on any atom is 0.336 e. The molecule has 1 aromatic rings. The molecule has 18 heavy (non-hydrogen) atoms. The van der Waals surface area contributed by atoms with Crippen LogP contribution in [0.1, 0.15) is 28.8 Å². The molecule has 2 N–H and O–H groups in total. The fraction of sp³-hybridized carbons (Fsp3) is 0.385. The number of carbonyl (C=O) groups excluding carboxylic acids is 1. The van der Waals surface area contributed by atoms with Crippen molar-refractivity contribution < 1.29 is 19.4 Å². The predicted molar refractivity (Wildman–Crippen MR) is 65.7 cm³/mol. The highest BCUT2D eigenvalue weighted by molar-refractivity contribution is 5.96. The molecule has 96 valence electrons. The quantitative estimate of drug-likeness (QED) is 0.856. The maximum atomic E-state index is 11.8. The smallest absolute Gasteiger partial charge is 0.336 e. The molecule has 0 unspecified atom stereocenters. The highest BCUT2D eigenvalue weighted by atomic mass is 16.5. The molecule has 1 amide bonds. The van der Waals surface area contributed by atoms with Crippen LogP contribution in [0.5, 0.6) is 0 Å². The van der Waals surface area contributed by atoms with E-state index >= 15 is 0 Å². The molecule has 0 saturated carbocycles. The number of anilines is 1. The molecule has 0 radical (unpaired) electrons. The van der Waals surface area contributed by atoms with Crippen molar-refractivity contribution in [2.24, 2.45) is 0 Å². The normalized spacial score (nSPS) is 18.6. The summed E-state index contributed by atoms with van der Waals surface area (Å²) in [6.45, 7) is 2.32. The summed E-state index contributed by atoms with van der Waals surface area (Å²) < 4.78 is 5.26. The van der Waals surface area contributed by atoms with Crippen molar-refractivity contribution in [2.45, 2.75) is 25.9 Å². The molecule has 1 aliphatic heterocycles. The van der Waals surface area contributed by atoms with Crippen molar-refractivity contribution in [1.29, 1.82) is 0 Å². The molecule has 5 heteroatoms. The van der Waals surface area contributed by atoms with Gasteiger partial charge in [0.15, 0.2) is 0 Å². The highest BCUT2D eigenvalue weighted by Gasteiger charge is 2.23. The van der Waals surface area contributed by atoms with Gasteiger partial charge in [-0.1, -0.05) is 6.07 Å². The average Bonchev–Trinajstić information content (AvgIpc) is 2.85. The summed E-state index contributed by atoms with van der Waals surface area (Å²) in [7, 11) is 0. The summed E-state index contributed by atoms with van der Waals surface area (Å²) in [5.41, 5.74) is 1.34. The summed E-state index contributed by atoms with van der Waals surface area (Å²) in [5.74, 6) is -1.21. The van der Waals surface area contributed by atoms with Gasteiger partial charge < -0.3 is 15.2 Å². The summed E-state index contributed by atoms with van der Waals surface area (Å²) in [6.07, 6.45) is 1.18. The van der Waals surface area contributed by atoms with Gasteiger partial charge in [-0.3, -0.25) is 4.79 Å². The van der Waals surface area contributed by atoms with Gasteiger partial charge in [-0.2, -0.15) is 0 Å².